The topological polar surface area (TPSA) is 31.4 Å². The van der Waals surface area contributed by atoms with E-state index in [-0.39, 0.29) is 5.75 Å². The van der Waals surface area contributed by atoms with E-state index in [4.69, 9.17) is 11.3 Å². The molecule has 0 aliphatic heterocycles. The van der Waals surface area contributed by atoms with Crippen LogP contribution in [0.2, 0.25) is 0 Å². The lowest BCUT2D eigenvalue weighted by Gasteiger charge is -2.05. The highest BCUT2D eigenvalue weighted by Crippen LogP contribution is 2.31. The lowest BCUT2D eigenvalue weighted by Crippen LogP contribution is -1.98. The molecule has 0 spiro atoms. The number of benzene rings is 2. The summed E-state index contributed by atoms with van der Waals surface area (Å²) in [4.78, 5) is 3.44. The van der Waals surface area contributed by atoms with E-state index in [9.17, 15) is 4.39 Å². The van der Waals surface area contributed by atoms with Crippen LogP contribution in [0.5, 0.6) is 5.75 Å². The molecule has 0 atom stereocenters. The van der Waals surface area contributed by atoms with Crippen molar-refractivity contribution >= 4 is 32.7 Å². The van der Waals surface area contributed by atoms with E-state index in [2.05, 4.69) is 25.9 Å². The van der Waals surface area contributed by atoms with Crippen molar-refractivity contribution in [1.29, 1.82) is 0 Å². The fraction of sp³-hybridized carbons (Fsp3) is 0.0667. The summed E-state index contributed by atoms with van der Waals surface area (Å²) in [6.45, 7) is 7.23. The number of rotatable bonds is 2. The summed E-state index contributed by atoms with van der Waals surface area (Å²) in [5.41, 5.74) is 1.41. The smallest absolute Gasteiger partial charge is 0.303 e. The molecule has 0 amide bonds. The zero-order valence-corrected chi connectivity index (χ0v) is 12.6. The molecule has 3 rings (SSSR count). The number of methoxy groups -OCH3 is 1. The molecule has 0 saturated carbocycles. The molecule has 6 heteroatoms. The minimum atomic E-state index is -0.439. The maximum atomic E-state index is 13.5. The number of halogens is 2. The van der Waals surface area contributed by atoms with Crippen LogP contribution >= 0.6 is 15.9 Å². The van der Waals surface area contributed by atoms with Gasteiger partial charge in [0.05, 0.1) is 18.3 Å². The first-order valence-corrected chi connectivity index (χ1v) is 6.83. The monoisotopic (exact) mass is 345 g/mol. The van der Waals surface area contributed by atoms with E-state index >= 15 is 0 Å². The van der Waals surface area contributed by atoms with Gasteiger partial charge in [-0.2, -0.15) is 4.68 Å². The van der Waals surface area contributed by atoms with Gasteiger partial charge < -0.3 is 9.58 Å². The second-order valence-corrected chi connectivity index (χ2v) is 5.24. The van der Waals surface area contributed by atoms with Crippen LogP contribution in [0.4, 0.5) is 10.2 Å². The molecule has 0 N–H and O–H groups in total. The van der Waals surface area contributed by atoms with Crippen molar-refractivity contribution < 1.29 is 9.13 Å². The fourth-order valence-electron chi connectivity index (χ4n) is 2.13. The zero-order chi connectivity index (χ0) is 15.0. The zero-order valence-electron chi connectivity index (χ0n) is 11.0. The molecule has 0 fully saturated rings. The number of fused-ring (bicyclic) bond motifs is 1. The maximum absolute atomic E-state index is 13.5. The van der Waals surface area contributed by atoms with Crippen molar-refractivity contribution in [2.45, 2.75) is 0 Å². The Kier molecular flexibility index (Phi) is 3.35. The van der Waals surface area contributed by atoms with Crippen molar-refractivity contribution in [2.24, 2.45) is 0 Å². The van der Waals surface area contributed by atoms with E-state index in [1.165, 1.54) is 13.2 Å². The van der Waals surface area contributed by atoms with Gasteiger partial charge in [-0.3, -0.25) is 0 Å². The largest absolute Gasteiger partial charge is 0.494 e. The summed E-state index contributed by atoms with van der Waals surface area (Å²) < 4.78 is 21.0. The Labute approximate surface area is 128 Å². The summed E-state index contributed by atoms with van der Waals surface area (Å²) in [5, 5.41) is 5.03. The lowest BCUT2D eigenvalue weighted by molar-refractivity contribution is 0.386. The highest BCUT2D eigenvalue weighted by atomic mass is 79.9. The molecule has 0 unspecified atom stereocenters. The van der Waals surface area contributed by atoms with Crippen molar-refractivity contribution in [2.75, 3.05) is 7.11 Å². The lowest BCUT2D eigenvalue weighted by atomic mass is 10.2. The molecule has 3 aromatic rings. The van der Waals surface area contributed by atoms with Gasteiger partial charge in [0.1, 0.15) is 0 Å². The Bertz CT molecular complexity index is 882. The second-order valence-electron chi connectivity index (χ2n) is 4.33. The van der Waals surface area contributed by atoms with Gasteiger partial charge in [0, 0.05) is 15.9 Å². The third-order valence-corrected chi connectivity index (χ3v) is 3.60. The Morgan fingerprint density at radius 2 is 2.10 bits per heavy atom. The van der Waals surface area contributed by atoms with E-state index in [0.717, 1.165) is 15.4 Å². The van der Waals surface area contributed by atoms with Crippen LogP contribution in [0.3, 0.4) is 0 Å². The third kappa shape index (κ3) is 2.26. The van der Waals surface area contributed by atoms with E-state index < -0.39 is 5.82 Å². The Hall–Kier alpha value is -2.39. The van der Waals surface area contributed by atoms with Crippen LogP contribution in [0, 0.1) is 12.4 Å². The van der Waals surface area contributed by atoms with Crippen LogP contribution in [0.15, 0.2) is 40.9 Å². The average Bonchev–Trinajstić information content (AvgIpc) is 2.85. The fourth-order valence-corrected chi connectivity index (χ4v) is 2.50. The first kappa shape index (κ1) is 13.6. The molecular formula is C15H9BrFN3O. The van der Waals surface area contributed by atoms with Gasteiger partial charge in [0.2, 0.25) is 0 Å². The standard InChI is InChI=1S/C15H9BrFN3O/c1-18-15-11-7-9(16)3-6-13(11)20(19-15)10-4-5-12(17)14(8-10)21-2/h3-8H,2H3. The van der Waals surface area contributed by atoms with Crippen LogP contribution in [0.25, 0.3) is 21.4 Å². The van der Waals surface area contributed by atoms with Crippen LogP contribution in [0.1, 0.15) is 0 Å². The van der Waals surface area contributed by atoms with Gasteiger partial charge >= 0.3 is 5.82 Å². The Morgan fingerprint density at radius 1 is 1.29 bits per heavy atom. The van der Waals surface area contributed by atoms with Crippen molar-refractivity contribution in [3.8, 4) is 11.4 Å². The average molecular weight is 346 g/mol. The van der Waals surface area contributed by atoms with Crippen molar-refractivity contribution in [3.05, 3.63) is 58.1 Å². The number of ether oxygens (including phenoxy) is 1. The normalized spacial score (nSPS) is 10.6. The minimum Gasteiger partial charge on any atom is -0.494 e. The van der Waals surface area contributed by atoms with Gasteiger partial charge in [-0.05, 0) is 35.4 Å². The summed E-state index contributed by atoms with van der Waals surface area (Å²) in [6.07, 6.45) is 0. The summed E-state index contributed by atoms with van der Waals surface area (Å²) in [5.74, 6) is -0.00178. The molecule has 0 bridgehead atoms. The SMILES string of the molecule is [C-]#[N+]c1nn(-c2ccc(F)c(OC)c2)c2ccc(Br)cc12. The highest BCUT2D eigenvalue weighted by Gasteiger charge is 2.15. The summed E-state index contributed by atoms with van der Waals surface area (Å²) >= 11 is 3.38. The summed E-state index contributed by atoms with van der Waals surface area (Å²) in [6, 6.07) is 10.0. The second kappa shape index (κ2) is 5.19. The van der Waals surface area contributed by atoms with Gasteiger partial charge in [0.25, 0.3) is 0 Å². The maximum Gasteiger partial charge on any atom is 0.303 e. The number of nitrogens with zero attached hydrogens (tertiary/aromatic N) is 3. The molecule has 0 aliphatic carbocycles. The van der Waals surface area contributed by atoms with Gasteiger partial charge in [-0.15, -0.1) is 0 Å². The highest BCUT2D eigenvalue weighted by molar-refractivity contribution is 9.10. The van der Waals surface area contributed by atoms with E-state index in [1.807, 2.05) is 18.2 Å². The van der Waals surface area contributed by atoms with E-state index in [1.54, 1.807) is 16.8 Å². The molecular weight excluding hydrogens is 337 g/mol. The molecule has 0 saturated heterocycles. The van der Waals surface area contributed by atoms with E-state index in [0.29, 0.717) is 11.5 Å². The Balaban J connectivity index is 2.28. The first-order valence-electron chi connectivity index (χ1n) is 6.03. The summed E-state index contributed by atoms with van der Waals surface area (Å²) in [7, 11) is 1.41. The number of aromatic nitrogens is 2. The molecule has 21 heavy (non-hydrogen) atoms. The molecule has 0 aliphatic rings. The van der Waals surface area contributed by atoms with Gasteiger partial charge in [-0.25, -0.2) is 4.39 Å². The number of hydrogen-bond acceptors (Lipinski definition) is 2. The van der Waals surface area contributed by atoms with Crippen LogP contribution in [-0.2, 0) is 0 Å². The molecule has 1 heterocycles. The van der Waals surface area contributed by atoms with Crippen molar-refractivity contribution in [3.63, 3.8) is 0 Å². The molecule has 4 nitrogen and oxygen atoms in total. The van der Waals surface area contributed by atoms with Gasteiger partial charge in [-0.1, -0.05) is 22.5 Å². The predicted molar refractivity (Wildman–Crippen MR) is 81.5 cm³/mol. The quantitative estimate of drug-likeness (QED) is 0.641. The number of hydrogen-bond donors (Lipinski definition) is 0. The molecule has 2 aromatic carbocycles. The third-order valence-electron chi connectivity index (χ3n) is 3.11. The predicted octanol–water partition coefficient (Wildman–Crippen LogP) is 4.49. The van der Waals surface area contributed by atoms with Crippen LogP contribution < -0.4 is 4.74 Å². The van der Waals surface area contributed by atoms with Crippen molar-refractivity contribution in [1.82, 2.24) is 9.78 Å². The molecule has 104 valence electrons. The Morgan fingerprint density at radius 3 is 2.81 bits per heavy atom. The van der Waals surface area contributed by atoms with Gasteiger partial charge in [0.15, 0.2) is 11.6 Å². The van der Waals surface area contributed by atoms with Crippen LogP contribution in [-0.4, -0.2) is 16.9 Å². The molecule has 1 aromatic heterocycles. The first-order chi connectivity index (χ1) is 10.1. The molecule has 0 radical (unpaired) electrons. The minimum absolute atomic E-state index is 0.137.